The molecule has 0 amide bonds. The van der Waals surface area contributed by atoms with Gasteiger partial charge in [0.25, 0.3) is 0 Å². The molecule has 0 saturated carbocycles. The second-order valence-corrected chi connectivity index (χ2v) is 7.41. The van der Waals surface area contributed by atoms with Crippen LogP contribution in [0.1, 0.15) is 36.6 Å². The lowest BCUT2D eigenvalue weighted by Crippen LogP contribution is -2.41. The first kappa shape index (κ1) is 14.7. The summed E-state index contributed by atoms with van der Waals surface area (Å²) < 4.78 is 7.66. The maximum atomic E-state index is 10.8. The lowest BCUT2D eigenvalue weighted by molar-refractivity contribution is -0.102. The van der Waals surface area contributed by atoms with Gasteiger partial charge in [-0.2, -0.15) is 16.9 Å². The average Bonchev–Trinajstić information content (AvgIpc) is 2.95. The molecule has 0 aromatic carbocycles. The van der Waals surface area contributed by atoms with Gasteiger partial charge in [-0.05, 0) is 37.9 Å². The van der Waals surface area contributed by atoms with Gasteiger partial charge in [0.05, 0.1) is 17.4 Å². The Morgan fingerprint density at radius 2 is 2.40 bits per heavy atom. The van der Waals surface area contributed by atoms with Crippen LogP contribution in [0.4, 0.5) is 0 Å². The van der Waals surface area contributed by atoms with Crippen LogP contribution in [0.3, 0.4) is 0 Å². The van der Waals surface area contributed by atoms with Crippen LogP contribution in [0.15, 0.2) is 0 Å². The molecular weight excluding hydrogens is 296 g/mol. The number of hydrogen-bond acceptors (Lipinski definition) is 4. The summed E-state index contributed by atoms with van der Waals surface area (Å²) in [6, 6.07) is 0. The second-order valence-electron chi connectivity index (χ2n) is 5.95. The smallest absolute Gasteiger partial charge is 0.132 e. The molecule has 4 nitrogen and oxygen atoms in total. The molecule has 1 aromatic rings. The van der Waals surface area contributed by atoms with E-state index in [1.54, 1.807) is 4.68 Å². The van der Waals surface area contributed by atoms with Gasteiger partial charge in [-0.3, -0.25) is 4.68 Å². The average molecular weight is 317 g/mol. The highest BCUT2D eigenvalue weighted by atomic mass is 35.5. The van der Waals surface area contributed by atoms with E-state index in [0.29, 0.717) is 5.15 Å². The topological polar surface area (TPSA) is 47.3 Å². The van der Waals surface area contributed by atoms with E-state index in [9.17, 15) is 5.11 Å². The SMILES string of the molecule is Cc1nn(C)c(Cl)c1C(O)C1CCOC2(CCSC2)C1. The Labute approximate surface area is 128 Å². The van der Waals surface area contributed by atoms with Gasteiger partial charge >= 0.3 is 0 Å². The van der Waals surface area contributed by atoms with Crippen molar-refractivity contribution >= 4 is 23.4 Å². The molecule has 112 valence electrons. The zero-order valence-electron chi connectivity index (χ0n) is 11.9. The largest absolute Gasteiger partial charge is 0.388 e. The fraction of sp³-hybridized carbons (Fsp3) is 0.786. The third-order valence-electron chi connectivity index (χ3n) is 4.54. The summed E-state index contributed by atoms with van der Waals surface area (Å²) in [4.78, 5) is 0. The first-order valence-electron chi connectivity index (χ1n) is 7.11. The minimum Gasteiger partial charge on any atom is -0.388 e. The van der Waals surface area contributed by atoms with Crippen molar-refractivity contribution in [3.05, 3.63) is 16.4 Å². The Morgan fingerprint density at radius 1 is 1.60 bits per heavy atom. The first-order chi connectivity index (χ1) is 9.52. The van der Waals surface area contributed by atoms with Gasteiger partial charge in [0, 0.05) is 25.0 Å². The van der Waals surface area contributed by atoms with E-state index in [0.717, 1.165) is 48.6 Å². The second kappa shape index (κ2) is 5.52. The number of aryl methyl sites for hydroxylation is 2. The van der Waals surface area contributed by atoms with Crippen LogP contribution in [0.2, 0.25) is 5.15 Å². The number of thioether (sulfide) groups is 1. The van der Waals surface area contributed by atoms with Gasteiger partial charge in [0.1, 0.15) is 5.15 Å². The van der Waals surface area contributed by atoms with Gasteiger partial charge in [-0.25, -0.2) is 0 Å². The first-order valence-corrected chi connectivity index (χ1v) is 8.64. The maximum Gasteiger partial charge on any atom is 0.132 e. The van der Waals surface area contributed by atoms with Crippen molar-refractivity contribution in [2.24, 2.45) is 13.0 Å². The molecule has 2 aliphatic heterocycles. The summed E-state index contributed by atoms with van der Waals surface area (Å²) in [7, 11) is 1.81. The molecule has 0 aliphatic carbocycles. The summed E-state index contributed by atoms with van der Waals surface area (Å²) in [6.07, 6.45) is 2.37. The van der Waals surface area contributed by atoms with Gasteiger partial charge < -0.3 is 9.84 Å². The number of ether oxygens (including phenoxy) is 1. The molecule has 20 heavy (non-hydrogen) atoms. The highest BCUT2D eigenvalue weighted by molar-refractivity contribution is 7.99. The molecule has 6 heteroatoms. The van der Waals surface area contributed by atoms with Crippen molar-refractivity contribution in [1.29, 1.82) is 0 Å². The molecular formula is C14H21ClN2O2S. The van der Waals surface area contributed by atoms with E-state index in [4.69, 9.17) is 16.3 Å². The van der Waals surface area contributed by atoms with Crippen molar-refractivity contribution < 1.29 is 9.84 Å². The van der Waals surface area contributed by atoms with E-state index in [1.165, 1.54) is 0 Å². The summed E-state index contributed by atoms with van der Waals surface area (Å²) in [6.45, 7) is 2.64. The van der Waals surface area contributed by atoms with E-state index in [2.05, 4.69) is 5.10 Å². The van der Waals surface area contributed by atoms with Crippen LogP contribution in [0.5, 0.6) is 0 Å². The molecule has 0 radical (unpaired) electrons. The summed E-state index contributed by atoms with van der Waals surface area (Å²) >= 11 is 8.23. The van der Waals surface area contributed by atoms with Crippen molar-refractivity contribution in [3.63, 3.8) is 0 Å². The van der Waals surface area contributed by atoms with E-state index in [-0.39, 0.29) is 11.5 Å². The minimum absolute atomic E-state index is 0.0167. The van der Waals surface area contributed by atoms with Crippen LogP contribution in [-0.2, 0) is 11.8 Å². The molecule has 3 atom stereocenters. The summed E-state index contributed by atoms with van der Waals surface area (Å²) in [5, 5.41) is 15.6. The Balaban J connectivity index is 1.81. The van der Waals surface area contributed by atoms with Gasteiger partial charge in [-0.15, -0.1) is 0 Å². The van der Waals surface area contributed by atoms with Crippen molar-refractivity contribution in [2.75, 3.05) is 18.1 Å². The third kappa shape index (κ3) is 2.49. The van der Waals surface area contributed by atoms with Crippen molar-refractivity contribution in [2.45, 2.75) is 37.9 Å². The van der Waals surface area contributed by atoms with Crippen LogP contribution >= 0.6 is 23.4 Å². The summed E-state index contributed by atoms with van der Waals surface area (Å²) in [5.41, 5.74) is 1.60. The quantitative estimate of drug-likeness (QED) is 0.911. The third-order valence-corrected chi connectivity index (χ3v) is 6.21. The Bertz CT molecular complexity index is 500. The number of rotatable bonds is 2. The van der Waals surface area contributed by atoms with E-state index >= 15 is 0 Å². The number of aromatic nitrogens is 2. The fourth-order valence-corrected chi connectivity index (χ4v) is 5.08. The monoisotopic (exact) mass is 316 g/mol. The standard InChI is InChI=1S/C14H21ClN2O2S/c1-9-11(13(15)17(2)16-9)12(18)10-3-5-19-14(7-10)4-6-20-8-14/h10,12,18H,3-8H2,1-2H3. The Hall–Kier alpha value is -0.230. The molecule has 2 aliphatic rings. The normalized spacial score (nSPS) is 31.9. The summed E-state index contributed by atoms with van der Waals surface area (Å²) in [5.74, 6) is 2.42. The van der Waals surface area contributed by atoms with E-state index in [1.807, 2.05) is 25.7 Å². The predicted octanol–water partition coefficient (Wildman–Crippen LogP) is 2.72. The van der Waals surface area contributed by atoms with Crippen molar-refractivity contribution in [1.82, 2.24) is 9.78 Å². The molecule has 1 spiro atoms. The van der Waals surface area contributed by atoms with Gasteiger partial charge in [0.15, 0.2) is 0 Å². The lowest BCUT2D eigenvalue weighted by Gasteiger charge is -2.39. The highest BCUT2D eigenvalue weighted by Gasteiger charge is 2.43. The molecule has 0 bridgehead atoms. The number of halogens is 1. The molecule has 2 saturated heterocycles. The maximum absolute atomic E-state index is 10.8. The number of hydrogen-bond donors (Lipinski definition) is 1. The van der Waals surface area contributed by atoms with Crippen LogP contribution < -0.4 is 0 Å². The molecule has 1 N–H and O–H groups in total. The highest BCUT2D eigenvalue weighted by Crippen LogP contribution is 2.45. The van der Waals surface area contributed by atoms with Crippen LogP contribution in [0, 0.1) is 12.8 Å². The molecule has 3 rings (SSSR count). The van der Waals surface area contributed by atoms with E-state index < -0.39 is 6.10 Å². The van der Waals surface area contributed by atoms with Gasteiger partial charge in [0.2, 0.25) is 0 Å². The number of aliphatic hydroxyl groups is 1. The Morgan fingerprint density at radius 3 is 3.00 bits per heavy atom. The molecule has 1 aromatic heterocycles. The predicted molar refractivity (Wildman–Crippen MR) is 81.3 cm³/mol. The fourth-order valence-electron chi connectivity index (χ4n) is 3.42. The van der Waals surface area contributed by atoms with Crippen LogP contribution in [-0.4, -0.2) is 38.6 Å². The number of nitrogens with zero attached hydrogens (tertiary/aromatic N) is 2. The lowest BCUT2D eigenvalue weighted by atomic mass is 9.80. The van der Waals surface area contributed by atoms with Gasteiger partial charge in [-0.1, -0.05) is 11.6 Å². The zero-order valence-corrected chi connectivity index (χ0v) is 13.5. The zero-order chi connectivity index (χ0) is 14.3. The van der Waals surface area contributed by atoms with Crippen molar-refractivity contribution in [3.8, 4) is 0 Å². The minimum atomic E-state index is -0.539. The molecule has 3 heterocycles. The number of aliphatic hydroxyl groups excluding tert-OH is 1. The Kier molecular flexibility index (Phi) is 4.06. The molecule has 3 unspecified atom stereocenters. The van der Waals surface area contributed by atoms with Crippen LogP contribution in [0.25, 0.3) is 0 Å². The molecule has 2 fully saturated rings.